The molecule has 3 rings (SSSR count). The van der Waals surface area contributed by atoms with Gasteiger partial charge in [0.2, 0.25) is 0 Å². The summed E-state index contributed by atoms with van der Waals surface area (Å²) in [6.45, 7) is 1.61. The van der Waals surface area contributed by atoms with Gasteiger partial charge < -0.3 is 0 Å². The third-order valence-corrected chi connectivity index (χ3v) is 4.46. The Labute approximate surface area is 164 Å². The number of halogens is 1. The van der Waals surface area contributed by atoms with E-state index >= 15 is 0 Å². The van der Waals surface area contributed by atoms with Gasteiger partial charge in [0.1, 0.15) is 5.57 Å². The molecule has 0 saturated carbocycles. The van der Waals surface area contributed by atoms with Crippen LogP contribution in [-0.4, -0.2) is 21.9 Å². The highest BCUT2D eigenvalue weighted by atomic mass is 35.5. The molecule has 9 heteroatoms. The fourth-order valence-corrected chi connectivity index (χ4v) is 2.97. The van der Waals surface area contributed by atoms with Crippen LogP contribution >= 0.6 is 23.8 Å². The second kappa shape index (κ2) is 7.26. The number of thiocarbonyl (C=S) groups is 1. The number of amides is 2. The molecule has 0 radical (unpaired) electrons. The number of aryl methyl sites for hydroxylation is 1. The van der Waals surface area contributed by atoms with Gasteiger partial charge in [-0.05, 0) is 55.0 Å². The topological polar surface area (TPSA) is 92.6 Å². The van der Waals surface area contributed by atoms with E-state index in [4.69, 9.17) is 23.8 Å². The average Bonchev–Trinajstić information content (AvgIpc) is 2.61. The molecule has 1 saturated heterocycles. The van der Waals surface area contributed by atoms with Crippen LogP contribution in [0.4, 0.5) is 11.4 Å². The molecule has 1 N–H and O–H groups in total. The summed E-state index contributed by atoms with van der Waals surface area (Å²) in [6, 6.07) is 10.8. The molecule has 0 spiro atoms. The Hall–Kier alpha value is -3.10. The first-order valence-electron chi connectivity index (χ1n) is 7.70. The van der Waals surface area contributed by atoms with Crippen molar-refractivity contribution >= 4 is 58.2 Å². The Morgan fingerprint density at radius 1 is 1.19 bits per heavy atom. The highest BCUT2D eigenvalue weighted by molar-refractivity contribution is 7.80. The number of nitro benzene ring substituents is 1. The molecule has 1 aliphatic rings. The maximum atomic E-state index is 12.9. The lowest BCUT2D eigenvalue weighted by atomic mass is 10.0. The van der Waals surface area contributed by atoms with E-state index in [9.17, 15) is 19.7 Å². The second-order valence-electron chi connectivity index (χ2n) is 5.74. The molecular weight excluding hydrogens is 390 g/mol. The van der Waals surface area contributed by atoms with E-state index in [0.717, 1.165) is 0 Å². The van der Waals surface area contributed by atoms with Crippen LogP contribution in [0.3, 0.4) is 0 Å². The quantitative estimate of drug-likeness (QED) is 0.280. The van der Waals surface area contributed by atoms with Gasteiger partial charge in [-0.25, -0.2) is 0 Å². The fraction of sp³-hybridized carbons (Fsp3) is 0.0556. The van der Waals surface area contributed by atoms with Crippen LogP contribution in [0, 0.1) is 17.0 Å². The summed E-state index contributed by atoms with van der Waals surface area (Å²) in [6.07, 6.45) is 1.30. The van der Waals surface area contributed by atoms with Crippen molar-refractivity contribution in [2.45, 2.75) is 6.92 Å². The maximum Gasteiger partial charge on any atom is 0.272 e. The highest BCUT2D eigenvalue weighted by Crippen LogP contribution is 2.25. The summed E-state index contributed by atoms with van der Waals surface area (Å²) in [4.78, 5) is 36.9. The first kappa shape index (κ1) is 18.7. The number of carbonyl (C=O) groups excluding carboxylic acids is 2. The van der Waals surface area contributed by atoms with Crippen LogP contribution in [0.25, 0.3) is 6.08 Å². The van der Waals surface area contributed by atoms with Gasteiger partial charge in [0.15, 0.2) is 5.11 Å². The predicted octanol–water partition coefficient (Wildman–Crippen LogP) is 3.39. The molecule has 2 amide bonds. The molecule has 136 valence electrons. The molecule has 1 fully saturated rings. The highest BCUT2D eigenvalue weighted by Gasteiger charge is 2.34. The molecule has 27 heavy (non-hydrogen) atoms. The standard InChI is InChI=1S/C18H12ClN3O4S/c1-10-2-3-11(9-15(10)22(25)26)8-14-16(23)20-18(27)21(17(14)24)13-6-4-12(19)5-7-13/h2-9H,1H3,(H,20,23,27)/b14-8+. The van der Waals surface area contributed by atoms with Crippen molar-refractivity contribution in [1.82, 2.24) is 5.32 Å². The summed E-state index contributed by atoms with van der Waals surface area (Å²) in [7, 11) is 0. The minimum atomic E-state index is -0.668. The molecule has 0 aliphatic carbocycles. The monoisotopic (exact) mass is 401 g/mol. The van der Waals surface area contributed by atoms with Crippen LogP contribution in [0.15, 0.2) is 48.0 Å². The molecule has 2 aromatic carbocycles. The zero-order chi connectivity index (χ0) is 19.7. The zero-order valence-corrected chi connectivity index (χ0v) is 15.5. The number of nitro groups is 1. The first-order chi connectivity index (χ1) is 12.8. The molecule has 0 atom stereocenters. The molecule has 1 heterocycles. The number of nitrogens with zero attached hydrogens (tertiary/aromatic N) is 2. The SMILES string of the molecule is Cc1ccc(/C=C2\C(=O)NC(=S)N(c3ccc(Cl)cc3)C2=O)cc1[N+](=O)[O-]. The van der Waals surface area contributed by atoms with Gasteiger partial charge in [0, 0.05) is 16.7 Å². The lowest BCUT2D eigenvalue weighted by molar-refractivity contribution is -0.385. The van der Waals surface area contributed by atoms with E-state index in [1.807, 2.05) is 0 Å². The van der Waals surface area contributed by atoms with Crippen molar-refractivity contribution in [2.75, 3.05) is 4.90 Å². The third-order valence-electron chi connectivity index (χ3n) is 3.93. The van der Waals surface area contributed by atoms with E-state index in [1.165, 1.54) is 17.0 Å². The fourth-order valence-electron chi connectivity index (χ4n) is 2.56. The van der Waals surface area contributed by atoms with Gasteiger partial charge >= 0.3 is 0 Å². The van der Waals surface area contributed by atoms with Gasteiger partial charge in [-0.1, -0.05) is 23.7 Å². The van der Waals surface area contributed by atoms with Crippen LogP contribution in [0.5, 0.6) is 0 Å². The van der Waals surface area contributed by atoms with Crippen LogP contribution in [0.1, 0.15) is 11.1 Å². The van der Waals surface area contributed by atoms with Crippen molar-refractivity contribution < 1.29 is 14.5 Å². The number of benzene rings is 2. The van der Waals surface area contributed by atoms with E-state index < -0.39 is 16.7 Å². The normalized spacial score (nSPS) is 15.9. The van der Waals surface area contributed by atoms with Crippen molar-refractivity contribution in [2.24, 2.45) is 0 Å². The van der Waals surface area contributed by atoms with E-state index in [2.05, 4.69) is 5.32 Å². The molecular formula is C18H12ClN3O4S. The Morgan fingerprint density at radius 2 is 1.85 bits per heavy atom. The van der Waals surface area contributed by atoms with Gasteiger partial charge in [-0.15, -0.1) is 0 Å². The summed E-state index contributed by atoms with van der Waals surface area (Å²) < 4.78 is 0. The minimum Gasteiger partial charge on any atom is -0.298 e. The number of hydrogen-bond donors (Lipinski definition) is 1. The maximum absolute atomic E-state index is 12.9. The smallest absolute Gasteiger partial charge is 0.272 e. The molecule has 0 unspecified atom stereocenters. The van der Waals surface area contributed by atoms with Crippen LogP contribution in [0.2, 0.25) is 5.02 Å². The number of carbonyl (C=O) groups is 2. The van der Waals surface area contributed by atoms with Crippen molar-refractivity contribution in [3.05, 3.63) is 74.3 Å². The lowest BCUT2D eigenvalue weighted by Gasteiger charge is -2.28. The van der Waals surface area contributed by atoms with Crippen LogP contribution < -0.4 is 10.2 Å². The Bertz CT molecular complexity index is 1020. The number of anilines is 1. The molecule has 2 aromatic rings. The lowest BCUT2D eigenvalue weighted by Crippen LogP contribution is -2.54. The van der Waals surface area contributed by atoms with Crippen LogP contribution in [-0.2, 0) is 9.59 Å². The first-order valence-corrected chi connectivity index (χ1v) is 8.48. The number of hydrogen-bond acceptors (Lipinski definition) is 5. The summed E-state index contributed by atoms with van der Waals surface area (Å²) in [5.41, 5.74) is 0.991. The van der Waals surface area contributed by atoms with Gasteiger partial charge in [0.25, 0.3) is 17.5 Å². The minimum absolute atomic E-state index is 0.0561. The van der Waals surface area contributed by atoms with E-state index in [1.54, 1.807) is 43.3 Å². The largest absolute Gasteiger partial charge is 0.298 e. The van der Waals surface area contributed by atoms with Gasteiger partial charge in [0.05, 0.1) is 10.6 Å². The van der Waals surface area contributed by atoms with Gasteiger partial charge in [-0.2, -0.15) is 0 Å². The summed E-state index contributed by atoms with van der Waals surface area (Å²) >= 11 is 11.0. The van der Waals surface area contributed by atoms with E-state index in [0.29, 0.717) is 21.8 Å². The predicted molar refractivity (Wildman–Crippen MR) is 105 cm³/mol. The Morgan fingerprint density at radius 3 is 2.48 bits per heavy atom. The zero-order valence-electron chi connectivity index (χ0n) is 13.9. The summed E-state index contributed by atoms with van der Waals surface area (Å²) in [5, 5.41) is 14.0. The number of rotatable bonds is 3. The van der Waals surface area contributed by atoms with Crippen molar-refractivity contribution in [3.8, 4) is 0 Å². The molecule has 7 nitrogen and oxygen atoms in total. The van der Waals surface area contributed by atoms with Crippen molar-refractivity contribution in [1.29, 1.82) is 0 Å². The molecule has 1 aliphatic heterocycles. The van der Waals surface area contributed by atoms with Crippen molar-refractivity contribution in [3.63, 3.8) is 0 Å². The summed E-state index contributed by atoms with van der Waals surface area (Å²) in [5.74, 6) is -1.30. The second-order valence-corrected chi connectivity index (χ2v) is 6.56. The molecule has 0 aromatic heterocycles. The third kappa shape index (κ3) is 3.71. The van der Waals surface area contributed by atoms with Gasteiger partial charge in [-0.3, -0.25) is 29.9 Å². The Balaban J connectivity index is 2.03. The Kier molecular flexibility index (Phi) is 5.02. The molecule has 0 bridgehead atoms. The average molecular weight is 402 g/mol. The van der Waals surface area contributed by atoms with E-state index in [-0.39, 0.29) is 16.4 Å². The number of nitrogens with one attached hydrogen (secondary N) is 1.